The number of hydrogen-bond acceptors (Lipinski definition) is 5. The van der Waals surface area contributed by atoms with Gasteiger partial charge in [-0.3, -0.25) is 4.57 Å². The lowest BCUT2D eigenvalue weighted by Gasteiger charge is -2.12. The van der Waals surface area contributed by atoms with Gasteiger partial charge in [0.25, 0.3) is 0 Å². The van der Waals surface area contributed by atoms with Crippen LogP contribution < -0.4 is 11.4 Å². The van der Waals surface area contributed by atoms with Crippen LogP contribution in [0.1, 0.15) is 37.8 Å². The molecule has 2 aromatic rings. The highest BCUT2D eigenvalue weighted by Crippen LogP contribution is 2.37. The monoisotopic (exact) mass is 305 g/mol. The van der Waals surface area contributed by atoms with Crippen LogP contribution >= 0.6 is 11.8 Å². The SMILES string of the molecule is CCC(N)Cc1cccnc1Sc1n[nH]c(=O)n1C1CC1. The van der Waals surface area contributed by atoms with Gasteiger partial charge in [0.05, 0.1) is 0 Å². The van der Waals surface area contributed by atoms with Crippen molar-refractivity contribution in [2.24, 2.45) is 5.73 Å². The number of pyridine rings is 1. The topological polar surface area (TPSA) is 89.6 Å². The van der Waals surface area contributed by atoms with Crippen molar-refractivity contribution in [2.45, 2.75) is 54.9 Å². The number of nitrogens with two attached hydrogens (primary N) is 1. The molecule has 21 heavy (non-hydrogen) atoms. The molecule has 2 aromatic heterocycles. The minimum absolute atomic E-state index is 0.123. The van der Waals surface area contributed by atoms with E-state index in [0.29, 0.717) is 11.2 Å². The summed E-state index contributed by atoms with van der Waals surface area (Å²) >= 11 is 1.44. The quantitative estimate of drug-likeness (QED) is 0.848. The Morgan fingerprint density at radius 3 is 3.10 bits per heavy atom. The molecule has 0 amide bonds. The summed E-state index contributed by atoms with van der Waals surface area (Å²) in [5.74, 6) is 0. The standard InChI is InChI=1S/C14H19N5OS/c1-2-10(15)8-9-4-3-7-16-12(9)21-14-18-17-13(20)19(14)11-5-6-11/h3-4,7,10-11H,2,5-6,8,15H2,1H3,(H,17,20). The predicted molar refractivity (Wildman–Crippen MR) is 81.4 cm³/mol. The highest BCUT2D eigenvalue weighted by molar-refractivity contribution is 7.99. The van der Waals surface area contributed by atoms with Crippen LogP contribution in [0.5, 0.6) is 0 Å². The van der Waals surface area contributed by atoms with Gasteiger partial charge < -0.3 is 5.73 Å². The van der Waals surface area contributed by atoms with E-state index in [4.69, 9.17) is 5.73 Å². The van der Waals surface area contributed by atoms with E-state index in [-0.39, 0.29) is 11.7 Å². The first kappa shape index (κ1) is 14.3. The molecular weight excluding hydrogens is 286 g/mol. The molecule has 2 heterocycles. The van der Waals surface area contributed by atoms with Crippen LogP contribution in [0.2, 0.25) is 0 Å². The van der Waals surface area contributed by atoms with Gasteiger partial charge in [0.1, 0.15) is 5.03 Å². The lowest BCUT2D eigenvalue weighted by atomic mass is 10.1. The summed E-state index contributed by atoms with van der Waals surface area (Å²) in [6, 6.07) is 4.37. The third-order valence-corrected chi connectivity index (χ3v) is 4.66. The zero-order chi connectivity index (χ0) is 14.8. The molecule has 0 aliphatic heterocycles. The molecule has 7 heteroatoms. The number of aromatic nitrogens is 4. The van der Waals surface area contributed by atoms with Crippen molar-refractivity contribution in [3.8, 4) is 0 Å². The summed E-state index contributed by atoms with van der Waals surface area (Å²) in [6.45, 7) is 2.08. The zero-order valence-electron chi connectivity index (χ0n) is 12.0. The fourth-order valence-corrected chi connectivity index (χ4v) is 3.19. The maximum atomic E-state index is 11.8. The Morgan fingerprint density at radius 2 is 2.38 bits per heavy atom. The minimum Gasteiger partial charge on any atom is -0.327 e. The first-order valence-electron chi connectivity index (χ1n) is 7.23. The molecule has 3 rings (SSSR count). The zero-order valence-corrected chi connectivity index (χ0v) is 12.8. The van der Waals surface area contributed by atoms with Crippen LogP contribution in [-0.4, -0.2) is 25.8 Å². The van der Waals surface area contributed by atoms with Crippen LogP contribution in [-0.2, 0) is 6.42 Å². The van der Waals surface area contributed by atoms with Crippen molar-refractivity contribution in [1.29, 1.82) is 0 Å². The molecule has 0 saturated heterocycles. The van der Waals surface area contributed by atoms with Crippen molar-refractivity contribution < 1.29 is 0 Å². The van der Waals surface area contributed by atoms with Gasteiger partial charge in [-0.15, -0.1) is 5.10 Å². The average molecular weight is 305 g/mol. The van der Waals surface area contributed by atoms with Crippen LogP contribution in [0.4, 0.5) is 0 Å². The molecule has 1 fully saturated rings. The molecule has 1 atom stereocenters. The maximum Gasteiger partial charge on any atom is 0.344 e. The van der Waals surface area contributed by atoms with E-state index >= 15 is 0 Å². The van der Waals surface area contributed by atoms with E-state index in [2.05, 4.69) is 22.1 Å². The molecule has 1 aliphatic carbocycles. The molecule has 6 nitrogen and oxygen atoms in total. The number of H-pyrrole nitrogens is 1. The van der Waals surface area contributed by atoms with Gasteiger partial charge in [0.15, 0.2) is 5.16 Å². The lowest BCUT2D eigenvalue weighted by molar-refractivity contribution is 0.633. The number of rotatable bonds is 6. The van der Waals surface area contributed by atoms with Gasteiger partial charge in [0, 0.05) is 18.3 Å². The molecule has 1 aliphatic rings. The van der Waals surface area contributed by atoms with Gasteiger partial charge in [-0.05, 0) is 49.1 Å². The van der Waals surface area contributed by atoms with Crippen LogP contribution in [0.25, 0.3) is 0 Å². The molecular formula is C14H19N5OS. The van der Waals surface area contributed by atoms with Crippen molar-refractivity contribution in [3.63, 3.8) is 0 Å². The Labute approximate surface area is 127 Å². The van der Waals surface area contributed by atoms with Crippen LogP contribution in [0, 0.1) is 0 Å². The largest absolute Gasteiger partial charge is 0.344 e. The second-order valence-electron chi connectivity index (χ2n) is 5.35. The third-order valence-electron chi connectivity index (χ3n) is 3.63. The summed E-state index contributed by atoms with van der Waals surface area (Å²) in [7, 11) is 0. The van der Waals surface area contributed by atoms with Crippen molar-refractivity contribution in [3.05, 3.63) is 34.4 Å². The van der Waals surface area contributed by atoms with Crippen LogP contribution in [0.15, 0.2) is 33.3 Å². The number of nitrogens with one attached hydrogen (secondary N) is 1. The maximum absolute atomic E-state index is 11.8. The molecule has 112 valence electrons. The molecule has 0 aromatic carbocycles. The second-order valence-corrected chi connectivity index (χ2v) is 6.31. The normalized spacial score (nSPS) is 16.1. The van der Waals surface area contributed by atoms with E-state index < -0.39 is 0 Å². The summed E-state index contributed by atoms with van der Waals surface area (Å²) < 4.78 is 1.74. The van der Waals surface area contributed by atoms with Gasteiger partial charge >= 0.3 is 5.69 Å². The summed E-state index contributed by atoms with van der Waals surface area (Å²) in [5.41, 5.74) is 7.02. The molecule has 3 N–H and O–H groups in total. The average Bonchev–Trinajstić information content (AvgIpc) is 3.25. The summed E-state index contributed by atoms with van der Waals surface area (Å²) in [5, 5.41) is 8.23. The van der Waals surface area contributed by atoms with E-state index in [9.17, 15) is 4.79 Å². The fourth-order valence-electron chi connectivity index (χ4n) is 2.20. The van der Waals surface area contributed by atoms with E-state index in [1.54, 1.807) is 10.8 Å². The Balaban J connectivity index is 1.86. The third kappa shape index (κ3) is 3.19. The van der Waals surface area contributed by atoms with Gasteiger partial charge in [0.2, 0.25) is 0 Å². The van der Waals surface area contributed by atoms with Crippen molar-refractivity contribution >= 4 is 11.8 Å². The minimum atomic E-state index is -0.136. The Hall–Kier alpha value is -1.60. The smallest absolute Gasteiger partial charge is 0.327 e. The van der Waals surface area contributed by atoms with Gasteiger partial charge in [-0.25, -0.2) is 14.9 Å². The highest BCUT2D eigenvalue weighted by Gasteiger charge is 2.29. The second kappa shape index (κ2) is 6.03. The molecule has 0 spiro atoms. The first-order valence-corrected chi connectivity index (χ1v) is 8.05. The number of hydrogen-bond donors (Lipinski definition) is 2. The van der Waals surface area contributed by atoms with Crippen LogP contribution in [0.3, 0.4) is 0 Å². The van der Waals surface area contributed by atoms with Crippen molar-refractivity contribution in [2.75, 3.05) is 0 Å². The van der Waals surface area contributed by atoms with Gasteiger partial charge in [-0.1, -0.05) is 13.0 Å². The molecule has 1 unspecified atom stereocenters. The fraction of sp³-hybridized carbons (Fsp3) is 0.500. The van der Waals surface area contributed by atoms with E-state index in [0.717, 1.165) is 36.3 Å². The Bertz CT molecular complexity index is 676. The lowest BCUT2D eigenvalue weighted by Crippen LogP contribution is -2.22. The molecule has 1 saturated carbocycles. The summed E-state index contributed by atoms with van der Waals surface area (Å²) in [4.78, 5) is 16.2. The Morgan fingerprint density at radius 1 is 1.57 bits per heavy atom. The Kier molecular flexibility index (Phi) is 4.12. The molecule has 0 bridgehead atoms. The predicted octanol–water partition coefficient (Wildman–Crippen LogP) is 1.73. The van der Waals surface area contributed by atoms with Gasteiger partial charge in [-0.2, -0.15) is 0 Å². The van der Waals surface area contributed by atoms with E-state index in [1.807, 2.05) is 12.1 Å². The van der Waals surface area contributed by atoms with Crippen molar-refractivity contribution in [1.82, 2.24) is 19.7 Å². The first-order chi connectivity index (χ1) is 10.2. The highest BCUT2D eigenvalue weighted by atomic mass is 32.2. The number of nitrogens with zero attached hydrogens (tertiary/aromatic N) is 3. The number of aromatic amines is 1. The van der Waals surface area contributed by atoms with E-state index in [1.165, 1.54) is 11.8 Å². The summed E-state index contributed by atoms with van der Waals surface area (Å²) in [6.07, 6.45) is 5.56. The molecule has 0 radical (unpaired) electrons.